The first-order valence-electron chi connectivity index (χ1n) is 7.82. The SMILES string of the molecule is CCOC(=O)c1nn(Cc2ccccc2Cl)c(=O)c(C(=O)OCC)c1O. The maximum Gasteiger partial charge on any atom is 0.362 e. The summed E-state index contributed by atoms with van der Waals surface area (Å²) in [6.45, 7) is 3.01. The van der Waals surface area contributed by atoms with Crippen LogP contribution in [0.2, 0.25) is 5.02 Å². The molecule has 0 bridgehead atoms. The molecule has 0 saturated heterocycles. The van der Waals surface area contributed by atoms with Gasteiger partial charge in [-0.2, -0.15) is 5.10 Å². The molecule has 0 unspecified atom stereocenters. The van der Waals surface area contributed by atoms with Crippen molar-refractivity contribution in [1.29, 1.82) is 0 Å². The molecule has 1 aromatic carbocycles. The molecule has 2 rings (SSSR count). The standard InChI is InChI=1S/C17H17ClN2O6/c1-3-25-16(23)12-14(21)13(17(24)26-4-2)19-20(15(12)22)9-10-7-5-6-8-11(10)18/h5-8,21H,3-4,9H2,1-2H3. The van der Waals surface area contributed by atoms with Crippen LogP contribution in [-0.4, -0.2) is 40.0 Å². The maximum absolute atomic E-state index is 12.6. The highest BCUT2D eigenvalue weighted by atomic mass is 35.5. The van der Waals surface area contributed by atoms with Gasteiger partial charge < -0.3 is 14.6 Å². The van der Waals surface area contributed by atoms with E-state index in [1.165, 1.54) is 0 Å². The van der Waals surface area contributed by atoms with Gasteiger partial charge in [0.05, 0.1) is 19.8 Å². The van der Waals surface area contributed by atoms with Crippen LogP contribution in [0.5, 0.6) is 5.75 Å². The number of carbonyl (C=O) groups is 2. The van der Waals surface area contributed by atoms with Crippen molar-refractivity contribution < 1.29 is 24.2 Å². The summed E-state index contributed by atoms with van der Waals surface area (Å²) in [6, 6.07) is 6.72. The number of aromatic hydroxyl groups is 1. The van der Waals surface area contributed by atoms with E-state index in [0.29, 0.717) is 10.6 Å². The molecule has 1 aromatic heterocycles. The number of hydrogen-bond donors (Lipinski definition) is 1. The van der Waals surface area contributed by atoms with Gasteiger partial charge in [-0.1, -0.05) is 29.8 Å². The maximum atomic E-state index is 12.6. The van der Waals surface area contributed by atoms with E-state index in [4.69, 9.17) is 21.1 Å². The first-order valence-corrected chi connectivity index (χ1v) is 8.20. The molecule has 0 spiro atoms. The monoisotopic (exact) mass is 380 g/mol. The fourth-order valence-corrected chi connectivity index (χ4v) is 2.38. The Bertz CT molecular complexity index is 893. The summed E-state index contributed by atoms with van der Waals surface area (Å²) in [5.74, 6) is -2.90. The molecule has 1 heterocycles. The second-order valence-electron chi connectivity index (χ2n) is 5.07. The number of ether oxygens (including phenoxy) is 2. The zero-order valence-corrected chi connectivity index (χ0v) is 14.9. The zero-order valence-electron chi connectivity index (χ0n) is 14.2. The predicted molar refractivity (Wildman–Crippen MR) is 92.6 cm³/mol. The fraction of sp³-hybridized carbons (Fsp3) is 0.294. The van der Waals surface area contributed by atoms with Crippen molar-refractivity contribution in [3.05, 3.63) is 56.5 Å². The van der Waals surface area contributed by atoms with Crippen molar-refractivity contribution in [2.24, 2.45) is 0 Å². The fourth-order valence-electron chi connectivity index (χ4n) is 2.18. The summed E-state index contributed by atoms with van der Waals surface area (Å²) in [6.07, 6.45) is 0. The third-order valence-corrected chi connectivity index (χ3v) is 3.73. The van der Waals surface area contributed by atoms with Gasteiger partial charge in [0, 0.05) is 5.02 Å². The Balaban J connectivity index is 2.63. The predicted octanol–water partition coefficient (Wildman–Crippen LogP) is 2.00. The Morgan fingerprint density at radius 1 is 1.15 bits per heavy atom. The first kappa shape index (κ1) is 19.5. The summed E-state index contributed by atoms with van der Waals surface area (Å²) in [7, 11) is 0. The Hall–Kier alpha value is -2.87. The van der Waals surface area contributed by atoms with Gasteiger partial charge in [0.2, 0.25) is 5.69 Å². The minimum atomic E-state index is -1.06. The zero-order chi connectivity index (χ0) is 19.3. The third-order valence-electron chi connectivity index (χ3n) is 3.36. The van der Waals surface area contributed by atoms with E-state index in [9.17, 15) is 19.5 Å². The molecule has 0 aliphatic rings. The minimum Gasteiger partial charge on any atom is -0.504 e. The number of nitrogens with zero attached hydrogens (tertiary/aromatic N) is 2. The molecule has 0 amide bonds. The number of esters is 2. The average molecular weight is 381 g/mol. The number of hydrogen-bond acceptors (Lipinski definition) is 7. The highest BCUT2D eigenvalue weighted by molar-refractivity contribution is 6.31. The van der Waals surface area contributed by atoms with Crippen LogP contribution in [0.25, 0.3) is 0 Å². The number of halogens is 1. The minimum absolute atomic E-state index is 0.0146. The van der Waals surface area contributed by atoms with Gasteiger partial charge in [-0.25, -0.2) is 14.3 Å². The highest BCUT2D eigenvalue weighted by Gasteiger charge is 2.28. The quantitative estimate of drug-likeness (QED) is 0.763. The summed E-state index contributed by atoms with van der Waals surface area (Å²) in [5.41, 5.74) is -1.61. The van der Waals surface area contributed by atoms with Crippen molar-refractivity contribution in [2.45, 2.75) is 20.4 Å². The molecule has 9 heteroatoms. The van der Waals surface area contributed by atoms with Crippen molar-refractivity contribution >= 4 is 23.5 Å². The van der Waals surface area contributed by atoms with Crippen molar-refractivity contribution in [3.63, 3.8) is 0 Å². The number of aromatic nitrogens is 2. The van der Waals surface area contributed by atoms with Gasteiger partial charge in [-0.15, -0.1) is 0 Å². The van der Waals surface area contributed by atoms with Crippen LogP contribution in [0.1, 0.15) is 40.3 Å². The molecule has 0 atom stereocenters. The Labute approximate surface area is 153 Å². The lowest BCUT2D eigenvalue weighted by Crippen LogP contribution is -2.32. The molecule has 0 radical (unpaired) electrons. The second kappa shape index (κ2) is 8.48. The molecular weight excluding hydrogens is 364 g/mol. The third kappa shape index (κ3) is 4.02. The van der Waals surface area contributed by atoms with Crippen molar-refractivity contribution in [3.8, 4) is 5.75 Å². The summed E-state index contributed by atoms with van der Waals surface area (Å²) in [5, 5.41) is 14.4. The van der Waals surface area contributed by atoms with Gasteiger partial charge in [-0.05, 0) is 25.5 Å². The van der Waals surface area contributed by atoms with Gasteiger partial charge in [0.1, 0.15) is 0 Å². The highest BCUT2D eigenvalue weighted by Crippen LogP contribution is 2.21. The molecule has 0 fully saturated rings. The van der Waals surface area contributed by atoms with E-state index in [0.717, 1.165) is 4.68 Å². The lowest BCUT2D eigenvalue weighted by Gasteiger charge is -2.12. The Kier molecular flexibility index (Phi) is 6.35. The van der Waals surface area contributed by atoms with Crippen LogP contribution in [0.4, 0.5) is 0 Å². The van der Waals surface area contributed by atoms with Gasteiger partial charge in [0.25, 0.3) is 5.56 Å². The van der Waals surface area contributed by atoms with Crippen LogP contribution in [0.15, 0.2) is 29.1 Å². The van der Waals surface area contributed by atoms with Gasteiger partial charge in [-0.3, -0.25) is 4.79 Å². The molecule has 2 aromatic rings. The van der Waals surface area contributed by atoms with E-state index in [1.54, 1.807) is 38.1 Å². The molecule has 0 saturated carbocycles. The second-order valence-corrected chi connectivity index (χ2v) is 5.47. The number of benzene rings is 1. The molecule has 26 heavy (non-hydrogen) atoms. The molecule has 0 aliphatic heterocycles. The number of rotatable bonds is 6. The van der Waals surface area contributed by atoms with Crippen molar-refractivity contribution in [1.82, 2.24) is 9.78 Å². The van der Waals surface area contributed by atoms with Crippen molar-refractivity contribution in [2.75, 3.05) is 13.2 Å². The largest absolute Gasteiger partial charge is 0.504 e. The molecule has 1 N–H and O–H groups in total. The molecule has 138 valence electrons. The lowest BCUT2D eigenvalue weighted by molar-refractivity contribution is 0.0506. The normalized spacial score (nSPS) is 10.4. The van der Waals surface area contributed by atoms with Crippen LogP contribution < -0.4 is 5.56 Å². The molecule has 8 nitrogen and oxygen atoms in total. The van der Waals surface area contributed by atoms with E-state index < -0.39 is 34.5 Å². The smallest absolute Gasteiger partial charge is 0.362 e. The van der Waals surface area contributed by atoms with E-state index in [-0.39, 0.29) is 19.8 Å². The topological polar surface area (TPSA) is 108 Å². The Morgan fingerprint density at radius 2 is 1.77 bits per heavy atom. The van der Waals surface area contributed by atoms with E-state index in [2.05, 4.69) is 5.10 Å². The lowest BCUT2D eigenvalue weighted by atomic mass is 10.2. The molecule has 0 aliphatic carbocycles. The summed E-state index contributed by atoms with van der Waals surface area (Å²) >= 11 is 6.09. The summed E-state index contributed by atoms with van der Waals surface area (Å²) < 4.78 is 10.5. The molecular formula is C17H17ClN2O6. The van der Waals surface area contributed by atoms with Crippen LogP contribution in [0.3, 0.4) is 0 Å². The van der Waals surface area contributed by atoms with Crippen LogP contribution in [0, 0.1) is 0 Å². The summed E-state index contributed by atoms with van der Waals surface area (Å²) in [4.78, 5) is 36.7. The van der Waals surface area contributed by atoms with Gasteiger partial charge in [0.15, 0.2) is 11.3 Å². The van der Waals surface area contributed by atoms with Crippen LogP contribution in [-0.2, 0) is 16.0 Å². The first-order chi connectivity index (χ1) is 12.4. The van der Waals surface area contributed by atoms with E-state index in [1.807, 2.05) is 0 Å². The van der Waals surface area contributed by atoms with E-state index >= 15 is 0 Å². The van der Waals surface area contributed by atoms with Crippen LogP contribution >= 0.6 is 11.6 Å². The number of carbonyl (C=O) groups excluding carboxylic acids is 2. The Morgan fingerprint density at radius 3 is 2.38 bits per heavy atom. The average Bonchev–Trinajstić information content (AvgIpc) is 2.59. The van der Waals surface area contributed by atoms with Gasteiger partial charge >= 0.3 is 11.9 Å².